The largest absolute Gasteiger partial charge is 0.336 e. The van der Waals surface area contributed by atoms with Gasteiger partial charge in [-0.15, -0.1) is 0 Å². The molecule has 3 aromatic rings. The van der Waals surface area contributed by atoms with Gasteiger partial charge in [0.05, 0.1) is 5.69 Å². The Hall–Kier alpha value is -2.06. The average molecular weight is 292 g/mol. The van der Waals surface area contributed by atoms with Crippen molar-refractivity contribution in [2.24, 2.45) is 0 Å². The highest BCUT2D eigenvalue weighted by atomic mass is 15.0. The second-order valence-electron chi connectivity index (χ2n) is 5.94. The van der Waals surface area contributed by atoms with Gasteiger partial charge in [0.15, 0.2) is 0 Å². The first-order valence-corrected chi connectivity index (χ1v) is 7.99. The summed E-state index contributed by atoms with van der Waals surface area (Å²) in [6.07, 6.45) is 1.09. The first kappa shape index (κ1) is 14.9. The maximum atomic E-state index is 2.75. The minimum absolute atomic E-state index is 1.02. The van der Waals surface area contributed by atoms with E-state index in [2.05, 4.69) is 66.2 Å². The van der Waals surface area contributed by atoms with Crippen LogP contribution in [-0.2, 0) is 13.0 Å². The lowest BCUT2D eigenvalue weighted by molar-refractivity contribution is 0.882. The lowest BCUT2D eigenvalue weighted by atomic mass is 10.0. The second kappa shape index (κ2) is 5.98. The van der Waals surface area contributed by atoms with Crippen LogP contribution in [0.25, 0.3) is 22.2 Å². The molecular formula is C20H24N2. The van der Waals surface area contributed by atoms with Crippen molar-refractivity contribution < 1.29 is 0 Å². The van der Waals surface area contributed by atoms with E-state index < -0.39 is 0 Å². The van der Waals surface area contributed by atoms with Crippen LogP contribution in [0.3, 0.4) is 0 Å². The topological polar surface area (TPSA) is 17.0 Å². The van der Waals surface area contributed by atoms with Gasteiger partial charge in [0, 0.05) is 23.0 Å². The lowest BCUT2D eigenvalue weighted by Gasteiger charge is -2.02. The third-order valence-electron chi connectivity index (χ3n) is 4.28. The summed E-state index contributed by atoms with van der Waals surface area (Å²) in [4.78, 5) is 0. The first-order valence-electron chi connectivity index (χ1n) is 7.99. The predicted molar refractivity (Wildman–Crippen MR) is 95.6 cm³/mol. The monoisotopic (exact) mass is 292 g/mol. The number of fused-ring (bicyclic) bond motifs is 5. The number of aromatic nitrogens is 1. The summed E-state index contributed by atoms with van der Waals surface area (Å²) < 4.78 is 2.48. The molecule has 2 nitrogen and oxygen atoms in total. The van der Waals surface area contributed by atoms with Gasteiger partial charge in [-0.05, 0) is 50.7 Å². The van der Waals surface area contributed by atoms with Crippen molar-refractivity contribution in [2.75, 3.05) is 14.1 Å². The van der Waals surface area contributed by atoms with Crippen molar-refractivity contribution in [3.05, 3.63) is 59.2 Å². The molecule has 0 aliphatic carbocycles. The summed E-state index contributed by atoms with van der Waals surface area (Å²) in [5, 5.41) is 4.19. The highest BCUT2D eigenvalue weighted by Gasteiger charge is 2.24. The first-order chi connectivity index (χ1) is 10.7. The zero-order chi connectivity index (χ0) is 15.7. The zero-order valence-electron chi connectivity index (χ0n) is 13.9. The minimum Gasteiger partial charge on any atom is -0.336 e. The predicted octanol–water partition coefficient (Wildman–Crippen LogP) is 4.38. The van der Waals surface area contributed by atoms with E-state index in [0.29, 0.717) is 0 Å². The van der Waals surface area contributed by atoms with Crippen LogP contribution in [0.5, 0.6) is 0 Å². The van der Waals surface area contributed by atoms with Gasteiger partial charge in [-0.2, -0.15) is 0 Å². The summed E-state index contributed by atoms with van der Waals surface area (Å²) in [5.74, 6) is 0. The number of hydrogen-bond acceptors (Lipinski definition) is 1. The molecule has 0 spiro atoms. The van der Waals surface area contributed by atoms with Crippen molar-refractivity contribution in [2.45, 2.75) is 26.8 Å². The van der Waals surface area contributed by atoms with E-state index in [9.17, 15) is 0 Å². The highest BCUT2D eigenvalue weighted by Crippen LogP contribution is 2.41. The highest BCUT2D eigenvalue weighted by molar-refractivity contribution is 5.94. The molecular weight excluding hydrogens is 268 g/mol. The number of rotatable bonds is 1. The molecule has 0 saturated carbocycles. The summed E-state index contributed by atoms with van der Waals surface area (Å²) in [7, 11) is 3.75. The van der Waals surface area contributed by atoms with Gasteiger partial charge in [0.1, 0.15) is 0 Å². The lowest BCUT2D eigenvalue weighted by Crippen LogP contribution is -1.91. The standard InChI is InChI=1S/C18H17N.C2H7N/c1-3-14-16-10-12(2)8-9-17(16)19-11-13-6-4-5-7-15(13)18(14)19;1-3-2/h4-10H,3,11H2,1-2H3;3H,1-2H3. The molecule has 1 N–H and O–H groups in total. The Balaban J connectivity index is 0.000000446. The summed E-state index contributed by atoms with van der Waals surface area (Å²) in [5.41, 5.74) is 8.55. The van der Waals surface area contributed by atoms with Gasteiger partial charge >= 0.3 is 0 Å². The van der Waals surface area contributed by atoms with Crippen LogP contribution < -0.4 is 5.32 Å². The molecule has 0 radical (unpaired) electrons. The van der Waals surface area contributed by atoms with Crippen LogP contribution in [0, 0.1) is 6.92 Å². The maximum absolute atomic E-state index is 2.75. The van der Waals surface area contributed by atoms with E-state index in [4.69, 9.17) is 0 Å². The molecule has 1 aliphatic heterocycles. The number of nitrogens with one attached hydrogen (secondary N) is 1. The van der Waals surface area contributed by atoms with E-state index in [1.807, 2.05) is 14.1 Å². The zero-order valence-corrected chi connectivity index (χ0v) is 13.9. The molecule has 0 atom stereocenters. The third-order valence-corrected chi connectivity index (χ3v) is 4.28. The molecule has 2 heteroatoms. The van der Waals surface area contributed by atoms with Crippen LogP contribution in [0.15, 0.2) is 42.5 Å². The summed E-state index contributed by atoms with van der Waals surface area (Å²) in [6, 6.07) is 15.6. The Labute approximate surface area is 132 Å². The molecule has 0 unspecified atom stereocenters. The van der Waals surface area contributed by atoms with E-state index in [1.54, 1.807) is 0 Å². The SMILES string of the molecule is CCc1c2n(c3ccc(C)cc13)Cc1ccccc1-2.CNC. The minimum atomic E-state index is 1.02. The van der Waals surface area contributed by atoms with Gasteiger partial charge < -0.3 is 9.88 Å². The molecule has 1 aromatic heterocycles. The molecule has 2 aromatic carbocycles. The Kier molecular flexibility index (Phi) is 4.04. The Morgan fingerprint density at radius 3 is 2.55 bits per heavy atom. The molecule has 0 fully saturated rings. The van der Waals surface area contributed by atoms with E-state index in [1.165, 1.54) is 38.9 Å². The van der Waals surface area contributed by atoms with Crippen molar-refractivity contribution in [1.29, 1.82) is 0 Å². The van der Waals surface area contributed by atoms with Gasteiger partial charge in [0.25, 0.3) is 0 Å². The molecule has 2 heterocycles. The van der Waals surface area contributed by atoms with Crippen molar-refractivity contribution >= 4 is 10.9 Å². The maximum Gasteiger partial charge on any atom is 0.0530 e. The third kappa shape index (κ3) is 2.24. The van der Waals surface area contributed by atoms with Crippen LogP contribution in [0.1, 0.15) is 23.6 Å². The van der Waals surface area contributed by atoms with Crippen LogP contribution in [-0.4, -0.2) is 18.7 Å². The molecule has 114 valence electrons. The molecule has 0 bridgehead atoms. The van der Waals surface area contributed by atoms with Crippen molar-refractivity contribution in [3.8, 4) is 11.3 Å². The Bertz CT molecular complexity index is 812. The van der Waals surface area contributed by atoms with Gasteiger partial charge in [-0.1, -0.05) is 42.8 Å². The van der Waals surface area contributed by atoms with Gasteiger partial charge in [-0.3, -0.25) is 0 Å². The smallest absolute Gasteiger partial charge is 0.0530 e. The normalized spacial score (nSPS) is 11.8. The summed E-state index contributed by atoms with van der Waals surface area (Å²) >= 11 is 0. The fraction of sp³-hybridized carbons (Fsp3) is 0.300. The van der Waals surface area contributed by atoms with Crippen LogP contribution >= 0.6 is 0 Å². The van der Waals surface area contributed by atoms with Gasteiger partial charge in [-0.25, -0.2) is 0 Å². The summed E-state index contributed by atoms with van der Waals surface area (Å²) in [6.45, 7) is 5.46. The average Bonchev–Trinajstić information content (AvgIpc) is 3.02. The number of aryl methyl sites for hydroxylation is 2. The van der Waals surface area contributed by atoms with Crippen molar-refractivity contribution in [3.63, 3.8) is 0 Å². The molecule has 22 heavy (non-hydrogen) atoms. The Morgan fingerprint density at radius 2 is 1.82 bits per heavy atom. The number of benzene rings is 2. The van der Waals surface area contributed by atoms with Gasteiger partial charge in [0.2, 0.25) is 0 Å². The molecule has 1 aliphatic rings. The van der Waals surface area contributed by atoms with Crippen molar-refractivity contribution in [1.82, 2.24) is 9.88 Å². The quantitative estimate of drug-likeness (QED) is 0.551. The molecule has 4 rings (SSSR count). The van der Waals surface area contributed by atoms with E-state index >= 15 is 0 Å². The molecule has 0 amide bonds. The van der Waals surface area contributed by atoms with E-state index in [-0.39, 0.29) is 0 Å². The Morgan fingerprint density at radius 1 is 1.09 bits per heavy atom. The van der Waals surface area contributed by atoms with E-state index in [0.717, 1.165) is 13.0 Å². The number of nitrogens with zero attached hydrogens (tertiary/aromatic N) is 1. The fourth-order valence-electron chi connectivity index (χ4n) is 3.43. The number of hydrogen-bond donors (Lipinski definition) is 1. The molecule has 0 saturated heterocycles. The second-order valence-corrected chi connectivity index (χ2v) is 5.94. The van der Waals surface area contributed by atoms with Crippen LogP contribution in [0.2, 0.25) is 0 Å². The fourth-order valence-corrected chi connectivity index (χ4v) is 3.43. The van der Waals surface area contributed by atoms with Crippen LogP contribution in [0.4, 0.5) is 0 Å².